The highest BCUT2D eigenvalue weighted by Gasteiger charge is 2.34. The second-order valence-corrected chi connectivity index (χ2v) is 10.6. The van der Waals surface area contributed by atoms with Gasteiger partial charge in [0, 0.05) is 36.9 Å². The van der Waals surface area contributed by atoms with Gasteiger partial charge >= 0.3 is 12.1 Å². The van der Waals surface area contributed by atoms with Crippen molar-refractivity contribution in [3.05, 3.63) is 59.7 Å². The molecule has 2 aromatic rings. The number of rotatable bonds is 8. The van der Waals surface area contributed by atoms with Crippen LogP contribution in [-0.4, -0.2) is 65.2 Å². The summed E-state index contributed by atoms with van der Waals surface area (Å²) in [5, 5.41) is 12.3. The molecule has 2 amide bonds. The fourth-order valence-corrected chi connectivity index (χ4v) is 5.89. The van der Waals surface area contributed by atoms with Gasteiger partial charge in [-0.3, -0.25) is 4.79 Å². The fraction of sp³-hybridized carbons (Fsp3) is 0.444. The summed E-state index contributed by atoms with van der Waals surface area (Å²) >= 11 is 1.55. The summed E-state index contributed by atoms with van der Waals surface area (Å²) in [6, 6.07) is 15.6. The summed E-state index contributed by atoms with van der Waals surface area (Å²) < 4.78 is 5.61. The van der Waals surface area contributed by atoms with E-state index in [0.29, 0.717) is 18.8 Å². The largest absolute Gasteiger partial charge is 0.480 e. The summed E-state index contributed by atoms with van der Waals surface area (Å²) in [6.45, 7) is 4.96. The Morgan fingerprint density at radius 1 is 1.09 bits per heavy atom. The molecule has 1 aliphatic heterocycles. The Balaban J connectivity index is 1.32. The molecule has 35 heavy (non-hydrogen) atoms. The highest BCUT2D eigenvalue weighted by molar-refractivity contribution is 7.99. The number of alkyl carbamates (subject to hydrolysis) is 1. The number of ether oxygens (including phenoxy) is 1. The molecule has 0 bridgehead atoms. The molecule has 186 valence electrons. The van der Waals surface area contributed by atoms with Gasteiger partial charge in [0.05, 0.1) is 0 Å². The van der Waals surface area contributed by atoms with Crippen molar-refractivity contribution < 1.29 is 24.2 Å². The second kappa shape index (κ2) is 11.2. The van der Waals surface area contributed by atoms with Gasteiger partial charge in [0.25, 0.3) is 0 Å². The number of hydrogen-bond donors (Lipinski definition) is 2. The molecule has 2 aliphatic rings. The third kappa shape index (κ3) is 5.64. The van der Waals surface area contributed by atoms with Crippen molar-refractivity contribution in [1.29, 1.82) is 0 Å². The predicted molar refractivity (Wildman–Crippen MR) is 136 cm³/mol. The Bertz CT molecular complexity index is 1040. The number of benzene rings is 2. The van der Waals surface area contributed by atoms with Crippen molar-refractivity contribution in [3.8, 4) is 11.1 Å². The van der Waals surface area contributed by atoms with Crippen molar-refractivity contribution >= 4 is 29.7 Å². The highest BCUT2D eigenvalue weighted by Crippen LogP contribution is 2.44. The molecule has 0 saturated carbocycles. The van der Waals surface area contributed by atoms with Crippen molar-refractivity contribution in [2.45, 2.75) is 32.2 Å². The Morgan fingerprint density at radius 2 is 1.71 bits per heavy atom. The number of nitrogens with zero attached hydrogens (tertiary/aromatic N) is 1. The molecular formula is C27H32N2O5S. The number of amides is 2. The molecule has 0 radical (unpaired) electrons. The maximum absolute atomic E-state index is 12.9. The van der Waals surface area contributed by atoms with E-state index in [1.165, 1.54) is 16.0 Å². The molecule has 2 atom stereocenters. The van der Waals surface area contributed by atoms with Crippen LogP contribution in [-0.2, 0) is 14.3 Å². The molecule has 1 fully saturated rings. The molecule has 2 unspecified atom stereocenters. The Hall–Kier alpha value is -3.00. The van der Waals surface area contributed by atoms with E-state index in [4.69, 9.17) is 4.74 Å². The standard InChI is InChI=1S/C27H32N2O5S/c1-17(2)18(13-25(30)29-11-12-35-16-24(29)26(31)32)14-28-27(33)34-15-23-21-9-5-3-7-19(21)20-8-4-6-10-22(20)23/h3-10,17-18,23-24H,11-16H2,1-2H3,(H,28,33)(H,31,32). The topological polar surface area (TPSA) is 95.9 Å². The maximum Gasteiger partial charge on any atom is 0.407 e. The van der Waals surface area contributed by atoms with E-state index in [-0.39, 0.29) is 36.7 Å². The third-order valence-corrected chi connectivity index (χ3v) is 7.99. The maximum atomic E-state index is 12.9. The molecule has 2 aromatic carbocycles. The molecule has 2 N–H and O–H groups in total. The van der Waals surface area contributed by atoms with Gasteiger partial charge in [0.1, 0.15) is 12.6 Å². The normalized spacial score (nSPS) is 18.0. The van der Waals surface area contributed by atoms with Gasteiger partial charge in [-0.05, 0) is 34.1 Å². The number of carbonyl (C=O) groups excluding carboxylic acids is 2. The van der Waals surface area contributed by atoms with Gasteiger partial charge in [0.2, 0.25) is 5.91 Å². The Kier molecular flexibility index (Phi) is 8.00. The molecule has 0 spiro atoms. The van der Waals surface area contributed by atoms with E-state index in [9.17, 15) is 19.5 Å². The summed E-state index contributed by atoms with van der Waals surface area (Å²) in [5.41, 5.74) is 4.65. The molecule has 1 saturated heterocycles. The minimum absolute atomic E-state index is 0.0134. The van der Waals surface area contributed by atoms with Gasteiger partial charge in [-0.15, -0.1) is 0 Å². The zero-order chi connectivity index (χ0) is 24.9. The summed E-state index contributed by atoms with van der Waals surface area (Å²) in [4.78, 5) is 38.5. The van der Waals surface area contributed by atoms with E-state index in [1.54, 1.807) is 11.8 Å². The Labute approximate surface area is 210 Å². The number of carboxylic acid groups (broad SMARTS) is 1. The molecule has 4 rings (SSSR count). The van der Waals surface area contributed by atoms with Gasteiger partial charge in [-0.1, -0.05) is 62.4 Å². The second-order valence-electron chi connectivity index (χ2n) is 9.43. The van der Waals surface area contributed by atoms with Gasteiger partial charge < -0.3 is 20.1 Å². The minimum Gasteiger partial charge on any atom is -0.480 e. The average molecular weight is 497 g/mol. The summed E-state index contributed by atoms with van der Waals surface area (Å²) in [7, 11) is 0. The SMILES string of the molecule is CC(C)C(CNC(=O)OCC1c2ccccc2-c2ccccc21)CC(=O)N1CCSCC1C(=O)O. The van der Waals surface area contributed by atoms with E-state index in [1.807, 2.05) is 38.1 Å². The van der Waals surface area contributed by atoms with Gasteiger partial charge in [-0.2, -0.15) is 11.8 Å². The lowest BCUT2D eigenvalue weighted by atomic mass is 9.91. The van der Waals surface area contributed by atoms with Crippen LogP contribution in [0.1, 0.15) is 37.3 Å². The minimum atomic E-state index is -0.969. The van der Waals surface area contributed by atoms with Crippen LogP contribution in [0.2, 0.25) is 0 Å². The van der Waals surface area contributed by atoms with Crippen LogP contribution in [0.15, 0.2) is 48.5 Å². The van der Waals surface area contributed by atoms with Crippen LogP contribution >= 0.6 is 11.8 Å². The quantitative estimate of drug-likeness (QED) is 0.568. The number of hydrogen-bond acceptors (Lipinski definition) is 5. The molecule has 1 heterocycles. The summed E-state index contributed by atoms with van der Waals surface area (Å²) in [6.07, 6.45) is -0.321. The Morgan fingerprint density at radius 3 is 2.31 bits per heavy atom. The molecule has 8 heteroatoms. The van der Waals surface area contributed by atoms with Gasteiger partial charge in [-0.25, -0.2) is 9.59 Å². The fourth-order valence-electron chi connectivity index (χ4n) is 4.86. The monoisotopic (exact) mass is 496 g/mol. The first-order chi connectivity index (χ1) is 16.9. The molecular weight excluding hydrogens is 464 g/mol. The molecule has 7 nitrogen and oxygen atoms in total. The lowest BCUT2D eigenvalue weighted by Gasteiger charge is -2.34. The van der Waals surface area contributed by atoms with Gasteiger partial charge in [0.15, 0.2) is 0 Å². The average Bonchev–Trinajstić information content (AvgIpc) is 3.18. The zero-order valence-electron chi connectivity index (χ0n) is 20.1. The first kappa shape index (κ1) is 25.1. The first-order valence-electron chi connectivity index (χ1n) is 12.1. The van der Waals surface area contributed by atoms with E-state index >= 15 is 0 Å². The zero-order valence-corrected chi connectivity index (χ0v) is 20.9. The number of thioether (sulfide) groups is 1. The molecule has 1 aliphatic carbocycles. The predicted octanol–water partition coefficient (Wildman–Crippen LogP) is 4.22. The van der Waals surface area contributed by atoms with Crippen molar-refractivity contribution in [2.24, 2.45) is 11.8 Å². The van der Waals surface area contributed by atoms with Crippen LogP contribution in [0, 0.1) is 11.8 Å². The van der Waals surface area contributed by atoms with Crippen molar-refractivity contribution in [3.63, 3.8) is 0 Å². The smallest absolute Gasteiger partial charge is 0.407 e. The lowest BCUT2D eigenvalue weighted by Crippen LogP contribution is -2.51. The van der Waals surface area contributed by atoms with Crippen LogP contribution < -0.4 is 5.32 Å². The number of carbonyl (C=O) groups is 3. The summed E-state index contributed by atoms with van der Waals surface area (Å²) in [5.74, 6) is 0.00245. The van der Waals surface area contributed by atoms with Crippen LogP contribution in [0.4, 0.5) is 4.79 Å². The van der Waals surface area contributed by atoms with E-state index < -0.39 is 18.1 Å². The van der Waals surface area contributed by atoms with E-state index in [0.717, 1.165) is 16.9 Å². The third-order valence-electron chi connectivity index (χ3n) is 6.97. The van der Waals surface area contributed by atoms with Crippen LogP contribution in [0.25, 0.3) is 11.1 Å². The number of aliphatic carboxylic acids is 1. The number of nitrogens with one attached hydrogen (secondary N) is 1. The highest BCUT2D eigenvalue weighted by atomic mass is 32.2. The number of fused-ring (bicyclic) bond motifs is 3. The van der Waals surface area contributed by atoms with Crippen molar-refractivity contribution in [2.75, 3.05) is 31.2 Å². The number of carboxylic acids is 1. The molecule has 0 aromatic heterocycles. The van der Waals surface area contributed by atoms with Crippen molar-refractivity contribution in [1.82, 2.24) is 10.2 Å². The van der Waals surface area contributed by atoms with Crippen LogP contribution in [0.5, 0.6) is 0 Å². The lowest BCUT2D eigenvalue weighted by molar-refractivity contribution is -0.149. The van der Waals surface area contributed by atoms with E-state index in [2.05, 4.69) is 29.6 Å². The van der Waals surface area contributed by atoms with Crippen LogP contribution in [0.3, 0.4) is 0 Å². The first-order valence-corrected chi connectivity index (χ1v) is 13.2.